The maximum absolute atomic E-state index is 13.9. The monoisotopic (exact) mass is 283 g/mol. The Morgan fingerprint density at radius 2 is 1.95 bits per heavy atom. The number of amides is 1. The van der Waals surface area contributed by atoms with Crippen LogP contribution in [0.3, 0.4) is 0 Å². The average molecular weight is 283 g/mol. The lowest BCUT2D eigenvalue weighted by molar-refractivity contribution is -0.117. The second-order valence-electron chi connectivity index (χ2n) is 5.68. The first-order chi connectivity index (χ1) is 10.1. The molecule has 1 saturated heterocycles. The first kappa shape index (κ1) is 12.4. The summed E-state index contributed by atoms with van der Waals surface area (Å²) >= 11 is 0. The van der Waals surface area contributed by atoms with E-state index in [1.165, 1.54) is 6.07 Å². The van der Waals surface area contributed by atoms with E-state index >= 15 is 0 Å². The first-order valence-corrected chi connectivity index (χ1v) is 7.03. The Bertz CT molecular complexity index is 743. The molecule has 2 aromatic rings. The molecular weight excluding hydrogens is 269 g/mol. The number of aromatic hydroxyl groups is 1. The van der Waals surface area contributed by atoms with Crippen LogP contribution in [0.1, 0.15) is 23.5 Å². The number of carbonyl (C=O) groups excluding carboxylic acids is 1. The number of fused-ring (bicyclic) bond motifs is 3. The Morgan fingerprint density at radius 3 is 2.76 bits per heavy atom. The number of carbonyl (C=O) groups is 1. The van der Waals surface area contributed by atoms with Crippen molar-refractivity contribution in [3.8, 4) is 5.75 Å². The van der Waals surface area contributed by atoms with Gasteiger partial charge < -0.3 is 10.0 Å². The van der Waals surface area contributed by atoms with Crippen LogP contribution in [0.2, 0.25) is 0 Å². The van der Waals surface area contributed by atoms with Gasteiger partial charge in [-0.25, -0.2) is 4.39 Å². The van der Waals surface area contributed by atoms with Gasteiger partial charge in [-0.15, -0.1) is 0 Å². The summed E-state index contributed by atoms with van der Waals surface area (Å²) in [4.78, 5) is 14.1. The van der Waals surface area contributed by atoms with Crippen molar-refractivity contribution in [2.45, 2.75) is 24.8 Å². The minimum atomic E-state index is -0.246. The van der Waals surface area contributed by atoms with Crippen LogP contribution in [0.4, 0.5) is 10.1 Å². The molecule has 1 amide bonds. The Hall–Kier alpha value is -2.36. The SMILES string of the molecule is O=C1C[C@@H](c2cccc(O)c2)[C@H]2Cc3c(F)cccc3N12. The van der Waals surface area contributed by atoms with Crippen LogP contribution in [0, 0.1) is 5.82 Å². The largest absolute Gasteiger partial charge is 0.508 e. The standard InChI is InChI=1S/C17H14FNO2/c18-14-5-2-6-15-13(14)8-16-12(9-17(21)19(15)16)10-3-1-4-11(20)7-10/h1-7,12,16,20H,8-9H2/t12-,16+/m0/s1. The minimum absolute atomic E-state index is 0.00333. The normalized spacial score (nSPS) is 23.3. The fourth-order valence-electron chi connectivity index (χ4n) is 3.61. The van der Waals surface area contributed by atoms with E-state index in [2.05, 4.69) is 0 Å². The second kappa shape index (κ2) is 4.32. The molecule has 2 atom stereocenters. The third-order valence-electron chi connectivity index (χ3n) is 4.52. The second-order valence-corrected chi connectivity index (χ2v) is 5.68. The molecule has 0 spiro atoms. The Morgan fingerprint density at radius 1 is 1.14 bits per heavy atom. The van der Waals surface area contributed by atoms with Crippen LogP contribution >= 0.6 is 0 Å². The molecule has 2 heterocycles. The van der Waals surface area contributed by atoms with Gasteiger partial charge in [0.05, 0.1) is 5.69 Å². The topological polar surface area (TPSA) is 40.5 Å². The molecule has 0 saturated carbocycles. The summed E-state index contributed by atoms with van der Waals surface area (Å²) in [6.45, 7) is 0. The van der Waals surface area contributed by atoms with Crippen molar-refractivity contribution in [3.05, 3.63) is 59.4 Å². The Labute approximate surface area is 121 Å². The van der Waals surface area contributed by atoms with Crippen LogP contribution in [0.5, 0.6) is 5.75 Å². The van der Waals surface area contributed by atoms with Crippen LogP contribution in [-0.4, -0.2) is 17.1 Å². The van der Waals surface area contributed by atoms with Crippen molar-refractivity contribution in [1.82, 2.24) is 0 Å². The number of hydrogen-bond donors (Lipinski definition) is 1. The number of anilines is 1. The van der Waals surface area contributed by atoms with Gasteiger partial charge in [-0.05, 0) is 36.2 Å². The van der Waals surface area contributed by atoms with E-state index in [9.17, 15) is 14.3 Å². The van der Waals surface area contributed by atoms with Gasteiger partial charge in [0.25, 0.3) is 0 Å². The quantitative estimate of drug-likeness (QED) is 0.874. The molecule has 4 heteroatoms. The Kier molecular flexibility index (Phi) is 2.55. The number of nitrogens with zero attached hydrogens (tertiary/aromatic N) is 1. The number of rotatable bonds is 1. The lowest BCUT2D eigenvalue weighted by atomic mass is 9.89. The summed E-state index contributed by atoms with van der Waals surface area (Å²) < 4.78 is 13.9. The minimum Gasteiger partial charge on any atom is -0.508 e. The van der Waals surface area contributed by atoms with Crippen molar-refractivity contribution in [2.24, 2.45) is 0 Å². The predicted molar refractivity (Wildman–Crippen MR) is 76.8 cm³/mol. The smallest absolute Gasteiger partial charge is 0.227 e. The van der Waals surface area contributed by atoms with Gasteiger partial charge in [0.15, 0.2) is 0 Å². The van der Waals surface area contributed by atoms with Gasteiger partial charge in [0.1, 0.15) is 11.6 Å². The number of halogens is 1. The molecule has 1 fully saturated rings. The summed E-state index contributed by atoms with van der Waals surface area (Å²) in [6, 6.07) is 11.8. The highest BCUT2D eigenvalue weighted by Gasteiger charge is 2.46. The van der Waals surface area contributed by atoms with Crippen LogP contribution in [-0.2, 0) is 11.2 Å². The molecular formula is C17H14FNO2. The highest BCUT2D eigenvalue weighted by atomic mass is 19.1. The molecule has 2 aliphatic heterocycles. The van der Waals surface area contributed by atoms with Crippen molar-refractivity contribution >= 4 is 11.6 Å². The molecule has 1 N–H and O–H groups in total. The zero-order valence-electron chi connectivity index (χ0n) is 11.3. The lowest BCUT2D eigenvalue weighted by Gasteiger charge is -2.21. The average Bonchev–Trinajstić information content (AvgIpc) is 2.99. The third kappa shape index (κ3) is 1.75. The number of phenols is 1. The van der Waals surface area contributed by atoms with Gasteiger partial charge in [-0.1, -0.05) is 18.2 Å². The van der Waals surface area contributed by atoms with Gasteiger partial charge >= 0.3 is 0 Å². The molecule has 0 aromatic heterocycles. The van der Waals surface area contributed by atoms with Gasteiger partial charge in [0.2, 0.25) is 5.91 Å². The molecule has 106 valence electrons. The number of phenolic OH excluding ortho intramolecular Hbond substituents is 1. The highest BCUT2D eigenvalue weighted by molar-refractivity contribution is 5.99. The molecule has 3 nitrogen and oxygen atoms in total. The lowest BCUT2D eigenvalue weighted by Crippen LogP contribution is -2.31. The van der Waals surface area contributed by atoms with E-state index in [0.29, 0.717) is 24.1 Å². The summed E-state index contributed by atoms with van der Waals surface area (Å²) in [7, 11) is 0. The summed E-state index contributed by atoms with van der Waals surface area (Å²) in [5.74, 6) is -0.0291. The van der Waals surface area contributed by atoms with E-state index in [4.69, 9.17) is 0 Å². The molecule has 21 heavy (non-hydrogen) atoms. The van der Waals surface area contributed by atoms with E-state index in [0.717, 1.165) is 5.56 Å². The first-order valence-electron chi connectivity index (χ1n) is 7.03. The molecule has 2 aliphatic rings. The van der Waals surface area contributed by atoms with E-state index in [1.54, 1.807) is 35.2 Å². The van der Waals surface area contributed by atoms with Crippen molar-refractivity contribution in [2.75, 3.05) is 4.90 Å². The summed E-state index contributed by atoms with van der Waals surface area (Å²) in [5, 5.41) is 9.64. The van der Waals surface area contributed by atoms with E-state index in [-0.39, 0.29) is 29.4 Å². The summed E-state index contributed by atoms with van der Waals surface area (Å²) in [5.41, 5.74) is 2.26. The fraction of sp³-hybridized carbons (Fsp3) is 0.235. The number of hydrogen-bond acceptors (Lipinski definition) is 2. The molecule has 2 aromatic carbocycles. The molecule has 0 radical (unpaired) electrons. The van der Waals surface area contributed by atoms with Gasteiger partial charge in [-0.3, -0.25) is 4.79 Å². The zero-order chi connectivity index (χ0) is 14.6. The van der Waals surface area contributed by atoms with Crippen molar-refractivity contribution < 1.29 is 14.3 Å². The third-order valence-corrected chi connectivity index (χ3v) is 4.52. The summed E-state index contributed by atoms with van der Waals surface area (Å²) in [6.07, 6.45) is 0.943. The van der Waals surface area contributed by atoms with Crippen LogP contribution in [0.15, 0.2) is 42.5 Å². The van der Waals surface area contributed by atoms with Crippen molar-refractivity contribution in [1.29, 1.82) is 0 Å². The Balaban J connectivity index is 1.77. The zero-order valence-corrected chi connectivity index (χ0v) is 11.3. The molecule has 4 rings (SSSR count). The maximum Gasteiger partial charge on any atom is 0.227 e. The maximum atomic E-state index is 13.9. The molecule has 0 bridgehead atoms. The van der Waals surface area contributed by atoms with Gasteiger partial charge in [-0.2, -0.15) is 0 Å². The van der Waals surface area contributed by atoms with Crippen LogP contribution in [0.25, 0.3) is 0 Å². The van der Waals surface area contributed by atoms with Crippen LogP contribution < -0.4 is 4.90 Å². The van der Waals surface area contributed by atoms with Crippen molar-refractivity contribution in [3.63, 3.8) is 0 Å². The highest BCUT2D eigenvalue weighted by Crippen LogP contribution is 2.46. The number of benzene rings is 2. The fourth-order valence-corrected chi connectivity index (χ4v) is 3.61. The van der Waals surface area contributed by atoms with Gasteiger partial charge in [0, 0.05) is 23.9 Å². The predicted octanol–water partition coefficient (Wildman–Crippen LogP) is 2.98. The molecule has 0 aliphatic carbocycles. The van der Waals surface area contributed by atoms with E-state index < -0.39 is 0 Å². The van der Waals surface area contributed by atoms with E-state index in [1.807, 2.05) is 6.07 Å². The molecule has 0 unspecified atom stereocenters.